The van der Waals surface area contributed by atoms with Crippen molar-refractivity contribution in [3.63, 3.8) is 0 Å². The van der Waals surface area contributed by atoms with Crippen LogP contribution in [0, 0.1) is 5.92 Å². The summed E-state index contributed by atoms with van der Waals surface area (Å²) in [6, 6.07) is 3.52. The molecule has 0 aromatic carbocycles. The largest absolute Gasteiger partial charge is 0.461 e. The lowest BCUT2D eigenvalue weighted by Gasteiger charge is -2.08. The maximum absolute atomic E-state index is 11.6. The quantitative estimate of drug-likeness (QED) is 0.732. The Labute approximate surface area is 128 Å². The number of carbonyl (C=O) groups excluding carboxylic acids is 1. The molecule has 0 aliphatic heterocycles. The third-order valence-corrected chi connectivity index (χ3v) is 3.28. The maximum atomic E-state index is 11.6. The molecule has 0 saturated heterocycles. The molecule has 2 heterocycles. The van der Waals surface area contributed by atoms with Crippen molar-refractivity contribution in [3.8, 4) is 11.6 Å². The number of amides is 1. The van der Waals surface area contributed by atoms with Crippen molar-refractivity contribution >= 4 is 5.91 Å². The molecule has 1 amide bonds. The van der Waals surface area contributed by atoms with Crippen molar-refractivity contribution in [2.24, 2.45) is 5.92 Å². The highest BCUT2D eigenvalue weighted by molar-refractivity contribution is 5.75. The standard InChI is InChI=1S/C15H21N3O4/c1-11(10-19)7-8-16-13(20)5-2-6-14-17-15(18-22-14)12-4-3-9-21-12/h3-4,9,11,19H,2,5-8,10H2,1H3,(H,16,20)/t11-/m1/s1. The summed E-state index contributed by atoms with van der Waals surface area (Å²) in [7, 11) is 0. The van der Waals surface area contributed by atoms with Crippen LogP contribution in [0.3, 0.4) is 0 Å². The van der Waals surface area contributed by atoms with Crippen LogP contribution < -0.4 is 5.32 Å². The Hall–Kier alpha value is -2.15. The highest BCUT2D eigenvalue weighted by Crippen LogP contribution is 2.16. The minimum absolute atomic E-state index is 0.00378. The van der Waals surface area contributed by atoms with Crippen LogP contribution in [0.25, 0.3) is 11.6 Å². The van der Waals surface area contributed by atoms with Gasteiger partial charge in [0.25, 0.3) is 0 Å². The molecule has 0 fully saturated rings. The molecule has 1 atom stereocenters. The van der Waals surface area contributed by atoms with E-state index in [4.69, 9.17) is 14.0 Å². The first-order chi connectivity index (χ1) is 10.7. The molecule has 0 spiro atoms. The maximum Gasteiger partial charge on any atom is 0.238 e. The highest BCUT2D eigenvalue weighted by Gasteiger charge is 2.11. The Kier molecular flexibility index (Phi) is 6.14. The molecule has 0 aliphatic carbocycles. The zero-order valence-electron chi connectivity index (χ0n) is 12.6. The van der Waals surface area contributed by atoms with Crippen molar-refractivity contribution in [2.75, 3.05) is 13.2 Å². The number of aryl methyl sites for hydroxylation is 1. The van der Waals surface area contributed by atoms with Gasteiger partial charge in [-0.25, -0.2) is 0 Å². The third-order valence-electron chi connectivity index (χ3n) is 3.28. The van der Waals surface area contributed by atoms with Gasteiger partial charge in [-0.05, 0) is 30.9 Å². The number of carbonyl (C=O) groups is 1. The fourth-order valence-corrected chi connectivity index (χ4v) is 1.90. The van der Waals surface area contributed by atoms with Crippen LogP contribution in [0.5, 0.6) is 0 Å². The molecule has 0 radical (unpaired) electrons. The first-order valence-corrected chi connectivity index (χ1v) is 7.43. The van der Waals surface area contributed by atoms with E-state index >= 15 is 0 Å². The van der Waals surface area contributed by atoms with Crippen LogP contribution in [0.15, 0.2) is 27.3 Å². The number of hydrogen-bond acceptors (Lipinski definition) is 6. The second-order valence-electron chi connectivity index (χ2n) is 5.27. The number of aromatic nitrogens is 2. The zero-order valence-corrected chi connectivity index (χ0v) is 12.6. The van der Waals surface area contributed by atoms with E-state index in [9.17, 15) is 4.79 Å². The van der Waals surface area contributed by atoms with Crippen molar-refractivity contribution in [1.29, 1.82) is 0 Å². The van der Waals surface area contributed by atoms with Crippen LogP contribution in [-0.4, -0.2) is 34.3 Å². The number of nitrogens with one attached hydrogen (secondary N) is 1. The Morgan fingerprint density at radius 3 is 3.09 bits per heavy atom. The summed E-state index contributed by atoms with van der Waals surface area (Å²) in [6.07, 6.45) is 3.92. The van der Waals surface area contributed by atoms with E-state index in [1.807, 2.05) is 6.92 Å². The van der Waals surface area contributed by atoms with E-state index in [1.165, 1.54) is 0 Å². The highest BCUT2D eigenvalue weighted by atomic mass is 16.5. The SMILES string of the molecule is C[C@@H](CO)CCNC(=O)CCCc1nc(-c2ccco2)no1. The predicted octanol–water partition coefficient (Wildman–Crippen LogP) is 1.79. The number of hydrogen-bond donors (Lipinski definition) is 2. The molecule has 2 aromatic heterocycles. The van der Waals surface area contributed by atoms with E-state index in [2.05, 4.69) is 15.5 Å². The van der Waals surface area contributed by atoms with Crippen molar-refractivity contribution in [2.45, 2.75) is 32.6 Å². The molecule has 0 saturated carbocycles. The summed E-state index contributed by atoms with van der Waals surface area (Å²) in [5.74, 6) is 1.68. The summed E-state index contributed by atoms with van der Waals surface area (Å²) in [4.78, 5) is 15.9. The first-order valence-electron chi connectivity index (χ1n) is 7.43. The smallest absolute Gasteiger partial charge is 0.238 e. The topological polar surface area (TPSA) is 101 Å². The monoisotopic (exact) mass is 307 g/mol. The van der Waals surface area contributed by atoms with E-state index in [0.717, 1.165) is 6.42 Å². The van der Waals surface area contributed by atoms with E-state index in [0.29, 0.717) is 43.3 Å². The summed E-state index contributed by atoms with van der Waals surface area (Å²) < 4.78 is 10.3. The lowest BCUT2D eigenvalue weighted by molar-refractivity contribution is -0.121. The summed E-state index contributed by atoms with van der Waals surface area (Å²) >= 11 is 0. The van der Waals surface area contributed by atoms with Crippen LogP contribution in [0.1, 0.15) is 32.1 Å². The van der Waals surface area contributed by atoms with Crippen molar-refractivity contribution in [1.82, 2.24) is 15.5 Å². The van der Waals surface area contributed by atoms with E-state index in [-0.39, 0.29) is 18.4 Å². The minimum Gasteiger partial charge on any atom is -0.461 e. The van der Waals surface area contributed by atoms with Gasteiger partial charge in [-0.3, -0.25) is 4.79 Å². The number of aliphatic hydroxyl groups is 1. The predicted molar refractivity (Wildman–Crippen MR) is 78.8 cm³/mol. The molecule has 0 unspecified atom stereocenters. The normalized spacial score (nSPS) is 12.3. The van der Waals surface area contributed by atoms with Gasteiger partial charge in [0.2, 0.25) is 17.6 Å². The molecule has 2 N–H and O–H groups in total. The molecular weight excluding hydrogens is 286 g/mol. The molecule has 2 aromatic rings. The van der Waals surface area contributed by atoms with Gasteiger partial charge < -0.3 is 19.4 Å². The summed E-state index contributed by atoms with van der Waals surface area (Å²) in [5, 5.41) is 15.6. The van der Waals surface area contributed by atoms with Gasteiger partial charge in [0.05, 0.1) is 6.26 Å². The van der Waals surface area contributed by atoms with Gasteiger partial charge in [-0.2, -0.15) is 4.98 Å². The molecule has 7 nitrogen and oxygen atoms in total. The van der Waals surface area contributed by atoms with Gasteiger partial charge >= 0.3 is 0 Å². The fourth-order valence-electron chi connectivity index (χ4n) is 1.90. The van der Waals surface area contributed by atoms with Gasteiger partial charge in [-0.1, -0.05) is 12.1 Å². The lowest BCUT2D eigenvalue weighted by Crippen LogP contribution is -2.25. The Morgan fingerprint density at radius 2 is 2.36 bits per heavy atom. The second-order valence-corrected chi connectivity index (χ2v) is 5.27. The van der Waals surface area contributed by atoms with Gasteiger partial charge in [-0.15, -0.1) is 0 Å². The van der Waals surface area contributed by atoms with Crippen molar-refractivity contribution in [3.05, 3.63) is 24.3 Å². The third kappa shape index (κ3) is 5.00. The molecular formula is C15H21N3O4. The lowest BCUT2D eigenvalue weighted by atomic mass is 10.1. The molecule has 0 bridgehead atoms. The second kappa shape index (κ2) is 8.33. The van der Waals surface area contributed by atoms with Crippen LogP contribution >= 0.6 is 0 Å². The van der Waals surface area contributed by atoms with E-state index < -0.39 is 0 Å². The number of rotatable bonds is 9. The van der Waals surface area contributed by atoms with Crippen LogP contribution in [0.2, 0.25) is 0 Å². The first kappa shape index (κ1) is 16.2. The Morgan fingerprint density at radius 1 is 1.50 bits per heavy atom. The average Bonchev–Trinajstić information content (AvgIpc) is 3.17. The van der Waals surface area contributed by atoms with Crippen molar-refractivity contribution < 1.29 is 18.8 Å². The minimum atomic E-state index is -0.00378. The molecule has 120 valence electrons. The Bertz CT molecular complexity index is 565. The van der Waals surface area contributed by atoms with Crippen LogP contribution in [-0.2, 0) is 11.2 Å². The number of furan rings is 1. The van der Waals surface area contributed by atoms with Gasteiger partial charge in [0.15, 0.2) is 5.76 Å². The number of nitrogens with zero attached hydrogens (tertiary/aromatic N) is 2. The fraction of sp³-hybridized carbons (Fsp3) is 0.533. The summed E-state index contributed by atoms with van der Waals surface area (Å²) in [6.45, 7) is 2.67. The van der Waals surface area contributed by atoms with Gasteiger partial charge in [0.1, 0.15) is 0 Å². The molecule has 7 heteroatoms. The molecule has 22 heavy (non-hydrogen) atoms. The average molecular weight is 307 g/mol. The van der Waals surface area contributed by atoms with E-state index in [1.54, 1.807) is 18.4 Å². The Balaban J connectivity index is 1.65. The van der Waals surface area contributed by atoms with Gasteiger partial charge in [0, 0.05) is 26.0 Å². The summed E-state index contributed by atoms with van der Waals surface area (Å²) in [5.41, 5.74) is 0. The zero-order chi connectivity index (χ0) is 15.8. The molecule has 2 rings (SSSR count). The number of aliphatic hydroxyl groups excluding tert-OH is 1. The van der Waals surface area contributed by atoms with Crippen LogP contribution in [0.4, 0.5) is 0 Å². The molecule has 0 aliphatic rings.